The maximum absolute atomic E-state index is 12.9. The molecule has 1 saturated heterocycles. The zero-order valence-corrected chi connectivity index (χ0v) is 15.4. The third-order valence-electron chi connectivity index (χ3n) is 4.77. The summed E-state index contributed by atoms with van der Waals surface area (Å²) in [5, 5.41) is 3.98. The molecule has 1 N–H and O–H groups in total. The molecule has 0 radical (unpaired) electrons. The van der Waals surface area contributed by atoms with Gasteiger partial charge in [0.2, 0.25) is 0 Å². The van der Waals surface area contributed by atoms with E-state index in [4.69, 9.17) is 0 Å². The molecule has 1 fully saturated rings. The number of aromatic amines is 1. The number of aromatic nitrogens is 5. The van der Waals surface area contributed by atoms with E-state index < -0.39 is 5.56 Å². The van der Waals surface area contributed by atoms with Crippen LogP contribution in [0.2, 0.25) is 0 Å². The number of nitrogens with one attached hydrogen (secondary N) is 1. The molecule has 144 valence electrons. The predicted molar refractivity (Wildman–Crippen MR) is 103 cm³/mol. The van der Waals surface area contributed by atoms with E-state index in [9.17, 15) is 9.59 Å². The van der Waals surface area contributed by atoms with Crippen molar-refractivity contribution < 1.29 is 4.79 Å². The van der Waals surface area contributed by atoms with E-state index in [2.05, 4.69) is 37.1 Å². The monoisotopic (exact) mass is 379 g/mol. The lowest BCUT2D eigenvalue weighted by atomic mass is 10.2. The maximum Gasteiger partial charge on any atom is 0.263 e. The van der Waals surface area contributed by atoms with Crippen molar-refractivity contribution in [1.29, 1.82) is 0 Å². The fourth-order valence-electron chi connectivity index (χ4n) is 3.32. The summed E-state index contributed by atoms with van der Waals surface area (Å²) in [6.45, 7) is 3.07. The van der Waals surface area contributed by atoms with Crippen LogP contribution in [0.25, 0.3) is 0 Å². The minimum absolute atomic E-state index is 0.0653. The van der Waals surface area contributed by atoms with Gasteiger partial charge in [-0.1, -0.05) is 18.2 Å². The van der Waals surface area contributed by atoms with E-state index in [1.807, 2.05) is 18.2 Å². The Labute approximate surface area is 161 Å². The van der Waals surface area contributed by atoms with Crippen molar-refractivity contribution in [2.45, 2.75) is 13.0 Å². The van der Waals surface area contributed by atoms with Gasteiger partial charge in [-0.25, -0.2) is 14.6 Å². The summed E-state index contributed by atoms with van der Waals surface area (Å²) in [5.74, 6) is 0.147. The van der Waals surface area contributed by atoms with Crippen LogP contribution in [-0.4, -0.2) is 61.7 Å². The van der Waals surface area contributed by atoms with E-state index in [1.165, 1.54) is 18.9 Å². The molecule has 9 nitrogen and oxygen atoms in total. The van der Waals surface area contributed by atoms with E-state index in [-0.39, 0.29) is 11.5 Å². The van der Waals surface area contributed by atoms with Crippen LogP contribution in [0.1, 0.15) is 22.6 Å². The molecule has 1 aliphatic rings. The Morgan fingerprint density at radius 2 is 1.96 bits per heavy atom. The molecule has 1 aromatic carbocycles. The SMILES string of the molecule is O=C(c1cnc(Cn2cncn2)[nH]c1=O)N1CCCN(c2ccccc2)CC1. The average molecular weight is 379 g/mol. The number of carbonyl (C=O) groups is 1. The first-order valence-corrected chi connectivity index (χ1v) is 9.20. The van der Waals surface area contributed by atoms with E-state index in [1.54, 1.807) is 9.58 Å². The molecule has 3 heterocycles. The molecule has 4 rings (SSSR count). The van der Waals surface area contributed by atoms with Gasteiger partial charge in [-0.15, -0.1) is 0 Å². The van der Waals surface area contributed by atoms with Gasteiger partial charge in [0, 0.05) is 38.1 Å². The first kappa shape index (κ1) is 17.9. The van der Waals surface area contributed by atoms with Gasteiger partial charge in [-0.2, -0.15) is 5.10 Å². The van der Waals surface area contributed by atoms with Crippen molar-refractivity contribution in [3.63, 3.8) is 0 Å². The van der Waals surface area contributed by atoms with E-state index in [0.717, 1.165) is 25.2 Å². The normalized spacial score (nSPS) is 14.7. The number of para-hydroxylation sites is 1. The largest absolute Gasteiger partial charge is 0.370 e. The Hall–Kier alpha value is -3.49. The lowest BCUT2D eigenvalue weighted by Gasteiger charge is -2.23. The smallest absolute Gasteiger partial charge is 0.263 e. The van der Waals surface area contributed by atoms with Crippen molar-refractivity contribution >= 4 is 11.6 Å². The lowest BCUT2D eigenvalue weighted by Crippen LogP contribution is -2.38. The van der Waals surface area contributed by atoms with Crippen molar-refractivity contribution in [1.82, 2.24) is 29.6 Å². The van der Waals surface area contributed by atoms with Gasteiger partial charge in [-0.05, 0) is 18.6 Å². The van der Waals surface area contributed by atoms with Crippen molar-refractivity contribution in [3.8, 4) is 0 Å². The Morgan fingerprint density at radius 1 is 1.11 bits per heavy atom. The fraction of sp³-hybridized carbons (Fsp3) is 0.316. The summed E-state index contributed by atoms with van der Waals surface area (Å²) >= 11 is 0. The summed E-state index contributed by atoms with van der Waals surface area (Å²) in [5.41, 5.74) is 0.781. The zero-order valence-electron chi connectivity index (χ0n) is 15.4. The first-order chi connectivity index (χ1) is 13.7. The molecule has 0 aliphatic carbocycles. The molecule has 0 spiro atoms. The van der Waals surface area contributed by atoms with Crippen LogP contribution in [0.15, 0.2) is 54.0 Å². The quantitative estimate of drug-likeness (QED) is 0.718. The maximum atomic E-state index is 12.9. The molecule has 0 unspecified atom stereocenters. The van der Waals surface area contributed by atoms with Gasteiger partial charge in [0.25, 0.3) is 11.5 Å². The Morgan fingerprint density at radius 3 is 2.71 bits per heavy atom. The predicted octanol–water partition coefficient (Wildman–Crippen LogP) is 0.762. The summed E-state index contributed by atoms with van der Waals surface area (Å²) in [7, 11) is 0. The van der Waals surface area contributed by atoms with Crippen LogP contribution >= 0.6 is 0 Å². The average Bonchev–Trinajstić information content (AvgIpc) is 3.09. The van der Waals surface area contributed by atoms with Crippen molar-refractivity contribution in [2.75, 3.05) is 31.1 Å². The number of amides is 1. The molecule has 0 bridgehead atoms. The second-order valence-corrected chi connectivity index (χ2v) is 6.63. The van der Waals surface area contributed by atoms with Crippen molar-refractivity contribution in [2.24, 2.45) is 0 Å². The van der Waals surface area contributed by atoms with Crippen LogP contribution in [0.5, 0.6) is 0 Å². The number of benzene rings is 1. The Kier molecular flexibility index (Phi) is 5.14. The number of H-pyrrole nitrogens is 1. The van der Waals surface area contributed by atoms with Gasteiger partial charge >= 0.3 is 0 Å². The third-order valence-corrected chi connectivity index (χ3v) is 4.77. The number of anilines is 1. The van der Waals surface area contributed by atoms with Gasteiger partial charge < -0.3 is 14.8 Å². The molecule has 1 aliphatic heterocycles. The molecule has 1 amide bonds. The van der Waals surface area contributed by atoms with E-state index >= 15 is 0 Å². The summed E-state index contributed by atoms with van der Waals surface area (Å²) in [4.78, 5) is 40.0. The molecule has 0 saturated carbocycles. The minimum Gasteiger partial charge on any atom is -0.370 e. The number of carbonyl (C=O) groups excluding carboxylic acids is 1. The second-order valence-electron chi connectivity index (χ2n) is 6.63. The molecule has 28 heavy (non-hydrogen) atoms. The van der Waals surface area contributed by atoms with Crippen LogP contribution in [0.3, 0.4) is 0 Å². The van der Waals surface area contributed by atoms with Crippen molar-refractivity contribution in [3.05, 3.63) is 70.9 Å². The molecule has 3 aromatic rings. The highest BCUT2D eigenvalue weighted by molar-refractivity contribution is 5.93. The van der Waals surface area contributed by atoms with Crippen LogP contribution < -0.4 is 10.5 Å². The number of nitrogens with zero attached hydrogens (tertiary/aromatic N) is 6. The molecule has 2 aromatic heterocycles. The second kappa shape index (κ2) is 8.03. The zero-order chi connectivity index (χ0) is 19.3. The lowest BCUT2D eigenvalue weighted by molar-refractivity contribution is 0.0764. The van der Waals surface area contributed by atoms with Gasteiger partial charge in [0.15, 0.2) is 0 Å². The molecular formula is C19H21N7O2. The van der Waals surface area contributed by atoms with E-state index in [0.29, 0.717) is 25.5 Å². The van der Waals surface area contributed by atoms with Crippen LogP contribution in [0.4, 0.5) is 5.69 Å². The Bertz CT molecular complexity index is 985. The highest BCUT2D eigenvalue weighted by atomic mass is 16.2. The number of hydrogen-bond acceptors (Lipinski definition) is 6. The van der Waals surface area contributed by atoms with Gasteiger partial charge in [-0.3, -0.25) is 9.59 Å². The van der Waals surface area contributed by atoms with Gasteiger partial charge in [0.1, 0.15) is 30.6 Å². The highest BCUT2D eigenvalue weighted by Crippen LogP contribution is 2.16. The molecular weight excluding hydrogens is 358 g/mol. The minimum atomic E-state index is -0.431. The number of rotatable bonds is 4. The topological polar surface area (TPSA) is 100 Å². The molecule has 9 heteroatoms. The summed E-state index contributed by atoms with van der Waals surface area (Å²) in [6.07, 6.45) is 5.15. The number of hydrogen-bond donors (Lipinski definition) is 1. The summed E-state index contributed by atoms with van der Waals surface area (Å²) < 4.78 is 1.55. The van der Waals surface area contributed by atoms with Gasteiger partial charge in [0.05, 0.1) is 0 Å². The Balaban J connectivity index is 1.44. The third kappa shape index (κ3) is 3.93. The van der Waals surface area contributed by atoms with Crippen LogP contribution in [-0.2, 0) is 6.54 Å². The summed E-state index contributed by atoms with van der Waals surface area (Å²) in [6, 6.07) is 10.1. The standard InChI is InChI=1S/C19H21N7O2/c27-18-16(11-21-17(23-18)12-26-14-20-13-22-26)19(28)25-8-4-7-24(9-10-25)15-5-2-1-3-6-15/h1-3,5-6,11,13-14H,4,7-10,12H2,(H,21,23,27). The molecule has 0 atom stereocenters. The highest BCUT2D eigenvalue weighted by Gasteiger charge is 2.23. The van der Waals surface area contributed by atoms with Crippen LogP contribution in [0, 0.1) is 0 Å². The first-order valence-electron chi connectivity index (χ1n) is 9.20. The fourth-order valence-corrected chi connectivity index (χ4v) is 3.32.